The molecule has 7 heteroatoms. The van der Waals surface area contributed by atoms with Gasteiger partial charge in [-0.25, -0.2) is 4.79 Å². The predicted molar refractivity (Wildman–Crippen MR) is 99.9 cm³/mol. The van der Waals surface area contributed by atoms with Crippen molar-refractivity contribution in [2.75, 3.05) is 33.1 Å². The third-order valence-corrected chi connectivity index (χ3v) is 3.99. The van der Waals surface area contributed by atoms with Crippen LogP contribution in [0.5, 0.6) is 5.75 Å². The molecule has 0 aliphatic heterocycles. The number of nitrogens with one attached hydrogen (secondary N) is 2. The Balaban J connectivity index is 1.97. The molecule has 0 heterocycles. The largest absolute Gasteiger partial charge is 0.495 e. The van der Waals surface area contributed by atoms with Crippen molar-refractivity contribution >= 4 is 29.2 Å². The van der Waals surface area contributed by atoms with Crippen molar-refractivity contribution in [2.24, 2.45) is 0 Å². The molecule has 0 fully saturated rings. The highest BCUT2D eigenvalue weighted by molar-refractivity contribution is 6.31. The van der Waals surface area contributed by atoms with Gasteiger partial charge in [-0.3, -0.25) is 4.79 Å². The standard InChI is InChI=1S/C19H21ClN2O4/c1-22(11-13-5-4-6-14(9-13)19(24)26-3)12-18(23)21-16-10-15(20)7-8-17(16)25-2/h4-10H,11-12H2,1-3H3,(H,21,23)/p+1. The molecular weight excluding hydrogens is 356 g/mol. The predicted octanol–water partition coefficient (Wildman–Crippen LogP) is 1.79. The first-order chi connectivity index (χ1) is 12.4. The van der Waals surface area contributed by atoms with Crippen LogP contribution >= 0.6 is 11.6 Å². The van der Waals surface area contributed by atoms with Crippen molar-refractivity contribution in [3.8, 4) is 5.75 Å². The number of likely N-dealkylation sites (N-methyl/N-ethyl adjacent to an activating group) is 1. The first kappa shape index (κ1) is 19.8. The van der Waals surface area contributed by atoms with Crippen molar-refractivity contribution in [2.45, 2.75) is 6.54 Å². The van der Waals surface area contributed by atoms with E-state index in [-0.39, 0.29) is 18.4 Å². The fourth-order valence-corrected chi connectivity index (χ4v) is 2.76. The van der Waals surface area contributed by atoms with E-state index in [1.165, 1.54) is 14.2 Å². The van der Waals surface area contributed by atoms with Crippen molar-refractivity contribution in [1.29, 1.82) is 0 Å². The van der Waals surface area contributed by atoms with Crippen LogP contribution in [0, 0.1) is 0 Å². The minimum Gasteiger partial charge on any atom is -0.495 e. The summed E-state index contributed by atoms with van der Waals surface area (Å²) >= 11 is 5.97. The Labute approximate surface area is 157 Å². The number of halogens is 1. The summed E-state index contributed by atoms with van der Waals surface area (Å²) in [6.07, 6.45) is 0. The number of methoxy groups -OCH3 is 2. The fraction of sp³-hybridized carbons (Fsp3) is 0.263. The third kappa shape index (κ3) is 5.47. The Bertz CT molecular complexity index is 795. The molecule has 2 rings (SSSR count). The monoisotopic (exact) mass is 377 g/mol. The average Bonchev–Trinajstić information content (AvgIpc) is 2.61. The van der Waals surface area contributed by atoms with Crippen LogP contribution < -0.4 is 15.0 Å². The number of anilines is 1. The number of hydrogen-bond donors (Lipinski definition) is 2. The summed E-state index contributed by atoms with van der Waals surface area (Å²) in [5.41, 5.74) is 1.97. The first-order valence-corrected chi connectivity index (χ1v) is 8.42. The lowest BCUT2D eigenvalue weighted by molar-refractivity contribution is -0.885. The number of ether oxygens (including phenoxy) is 2. The summed E-state index contributed by atoms with van der Waals surface area (Å²) in [6, 6.07) is 12.2. The summed E-state index contributed by atoms with van der Waals surface area (Å²) in [7, 11) is 4.78. The van der Waals surface area contributed by atoms with Gasteiger partial charge in [-0.05, 0) is 30.3 Å². The van der Waals surface area contributed by atoms with Gasteiger partial charge in [-0.1, -0.05) is 23.7 Å². The molecule has 0 saturated heterocycles. The lowest BCUT2D eigenvalue weighted by atomic mass is 10.1. The summed E-state index contributed by atoms with van der Waals surface area (Å²) in [6.45, 7) is 0.836. The van der Waals surface area contributed by atoms with Gasteiger partial charge in [0.25, 0.3) is 5.91 Å². The van der Waals surface area contributed by atoms with E-state index in [0.29, 0.717) is 28.6 Å². The van der Waals surface area contributed by atoms with E-state index in [1.807, 2.05) is 13.1 Å². The number of amides is 1. The Hall–Kier alpha value is -2.57. The summed E-state index contributed by atoms with van der Waals surface area (Å²) in [5, 5.41) is 3.33. The molecular formula is C19H22ClN2O4+. The van der Waals surface area contributed by atoms with Crippen LogP contribution in [-0.4, -0.2) is 39.7 Å². The molecule has 26 heavy (non-hydrogen) atoms. The number of carbonyl (C=O) groups excluding carboxylic acids is 2. The van der Waals surface area contributed by atoms with Gasteiger partial charge < -0.3 is 19.7 Å². The maximum atomic E-state index is 12.3. The molecule has 1 amide bonds. The molecule has 0 saturated carbocycles. The van der Waals surface area contributed by atoms with E-state index in [2.05, 4.69) is 5.32 Å². The minimum atomic E-state index is -0.379. The lowest BCUT2D eigenvalue weighted by Crippen LogP contribution is -3.08. The number of quaternary nitrogens is 1. The maximum absolute atomic E-state index is 12.3. The zero-order valence-corrected chi connectivity index (χ0v) is 15.7. The number of esters is 1. The van der Waals surface area contributed by atoms with Crippen molar-refractivity contribution in [3.05, 3.63) is 58.6 Å². The molecule has 0 bridgehead atoms. The molecule has 0 aliphatic rings. The quantitative estimate of drug-likeness (QED) is 0.722. The van der Waals surface area contributed by atoms with Crippen LogP contribution in [0.4, 0.5) is 5.69 Å². The van der Waals surface area contributed by atoms with Gasteiger partial charge in [0, 0.05) is 10.6 Å². The SMILES string of the molecule is COC(=O)c1cccc(C[NH+](C)CC(=O)Nc2cc(Cl)ccc2OC)c1. The second-order valence-electron chi connectivity index (χ2n) is 5.90. The van der Waals surface area contributed by atoms with Gasteiger partial charge in [0.1, 0.15) is 12.3 Å². The maximum Gasteiger partial charge on any atom is 0.337 e. The molecule has 0 aliphatic carbocycles. The Morgan fingerprint density at radius 1 is 1.15 bits per heavy atom. The first-order valence-electron chi connectivity index (χ1n) is 8.05. The topological polar surface area (TPSA) is 69.1 Å². The molecule has 138 valence electrons. The van der Waals surface area contributed by atoms with Crippen molar-refractivity contribution < 1.29 is 24.0 Å². The van der Waals surface area contributed by atoms with E-state index in [1.54, 1.807) is 36.4 Å². The van der Waals surface area contributed by atoms with Gasteiger partial charge >= 0.3 is 5.97 Å². The van der Waals surface area contributed by atoms with Gasteiger partial charge in [0.05, 0.1) is 32.5 Å². The molecule has 2 aromatic carbocycles. The average molecular weight is 378 g/mol. The Morgan fingerprint density at radius 2 is 1.92 bits per heavy atom. The van der Waals surface area contributed by atoms with E-state index in [4.69, 9.17) is 21.1 Å². The van der Waals surface area contributed by atoms with E-state index >= 15 is 0 Å². The molecule has 2 aromatic rings. The highest BCUT2D eigenvalue weighted by Crippen LogP contribution is 2.27. The van der Waals surface area contributed by atoms with E-state index < -0.39 is 0 Å². The van der Waals surface area contributed by atoms with Crippen molar-refractivity contribution in [3.63, 3.8) is 0 Å². The fourth-order valence-electron chi connectivity index (χ4n) is 2.58. The molecule has 0 radical (unpaired) electrons. The zero-order valence-electron chi connectivity index (χ0n) is 15.0. The highest BCUT2D eigenvalue weighted by Gasteiger charge is 2.14. The van der Waals surface area contributed by atoms with E-state index in [9.17, 15) is 9.59 Å². The number of carbonyl (C=O) groups is 2. The number of hydrogen-bond acceptors (Lipinski definition) is 4. The molecule has 2 N–H and O–H groups in total. The van der Waals surface area contributed by atoms with Gasteiger partial charge in [-0.2, -0.15) is 0 Å². The van der Waals surface area contributed by atoms with Crippen LogP contribution in [0.2, 0.25) is 5.02 Å². The Kier molecular flexibility index (Phi) is 7.00. The third-order valence-electron chi connectivity index (χ3n) is 3.75. The highest BCUT2D eigenvalue weighted by atomic mass is 35.5. The summed E-state index contributed by atoms with van der Waals surface area (Å²) in [5.74, 6) is 0.00803. The smallest absolute Gasteiger partial charge is 0.337 e. The van der Waals surface area contributed by atoms with Crippen LogP contribution in [-0.2, 0) is 16.1 Å². The van der Waals surface area contributed by atoms with Crippen LogP contribution in [0.1, 0.15) is 15.9 Å². The molecule has 0 aromatic heterocycles. The van der Waals surface area contributed by atoms with E-state index in [0.717, 1.165) is 10.5 Å². The number of benzene rings is 2. The number of rotatable bonds is 7. The van der Waals surface area contributed by atoms with Crippen LogP contribution in [0.15, 0.2) is 42.5 Å². The van der Waals surface area contributed by atoms with Gasteiger partial charge in [-0.15, -0.1) is 0 Å². The van der Waals surface area contributed by atoms with Gasteiger partial charge in [0.2, 0.25) is 0 Å². The lowest BCUT2D eigenvalue weighted by Gasteiger charge is -2.15. The van der Waals surface area contributed by atoms with Crippen LogP contribution in [0.3, 0.4) is 0 Å². The minimum absolute atomic E-state index is 0.160. The molecule has 6 nitrogen and oxygen atoms in total. The molecule has 1 unspecified atom stereocenters. The van der Waals surface area contributed by atoms with Crippen LogP contribution in [0.25, 0.3) is 0 Å². The molecule has 1 atom stereocenters. The summed E-state index contributed by atoms with van der Waals surface area (Å²) < 4.78 is 9.95. The molecule has 0 spiro atoms. The second-order valence-corrected chi connectivity index (χ2v) is 6.33. The Morgan fingerprint density at radius 3 is 2.62 bits per heavy atom. The second kappa shape index (κ2) is 9.22. The summed E-state index contributed by atoms with van der Waals surface area (Å²) in [4.78, 5) is 24.9. The van der Waals surface area contributed by atoms with Crippen molar-refractivity contribution in [1.82, 2.24) is 0 Å². The normalized spacial score (nSPS) is 11.5. The van der Waals surface area contributed by atoms with Gasteiger partial charge in [0.15, 0.2) is 6.54 Å². The zero-order chi connectivity index (χ0) is 19.1.